The predicted molar refractivity (Wildman–Crippen MR) is 152 cm³/mol. The smallest absolute Gasteiger partial charge is 0.352 e. The third kappa shape index (κ3) is 8.15. The van der Waals surface area contributed by atoms with Crippen LogP contribution in [0.4, 0.5) is 18.9 Å². The minimum atomic E-state index is -4.89. The van der Waals surface area contributed by atoms with Gasteiger partial charge >= 0.3 is 6.18 Å². The topological polar surface area (TPSA) is 86.8 Å². The maximum absolute atomic E-state index is 13.8. The van der Waals surface area contributed by atoms with Gasteiger partial charge in [-0.25, -0.2) is 8.42 Å². The SMILES string of the molecule is CC(C)NC(=O)[C@@H](C)N(Cc1ccc(Cl)cc1)C(=O)CN(c1ccc(Cl)c(C(F)(F)F)c1)S(=O)(=O)c1ccccc1. The number of carbonyl (C=O) groups excluding carboxylic acids is 2. The van der Waals surface area contributed by atoms with Crippen molar-refractivity contribution >= 4 is 50.7 Å². The number of carbonyl (C=O) groups is 2. The zero-order valence-corrected chi connectivity index (χ0v) is 24.7. The van der Waals surface area contributed by atoms with Crippen LogP contribution in [0.25, 0.3) is 0 Å². The molecule has 13 heteroatoms. The average molecular weight is 631 g/mol. The van der Waals surface area contributed by atoms with Crippen molar-refractivity contribution in [1.29, 1.82) is 0 Å². The standard InChI is InChI=1S/C28H28Cl2F3N3O4S/c1-18(2)34-27(38)19(3)35(16-20-9-11-21(29)12-10-20)26(37)17-36(41(39,40)23-7-5-4-6-8-23)22-13-14-25(30)24(15-22)28(31,32)33/h4-15,18-19H,16-17H2,1-3H3,(H,34,38)/t19-/m1/s1. The first-order valence-electron chi connectivity index (χ1n) is 12.4. The van der Waals surface area contributed by atoms with Gasteiger partial charge in [0.05, 0.1) is 21.2 Å². The Morgan fingerprint density at radius 2 is 1.54 bits per heavy atom. The van der Waals surface area contributed by atoms with E-state index < -0.39 is 56.9 Å². The monoisotopic (exact) mass is 629 g/mol. The van der Waals surface area contributed by atoms with Crippen LogP contribution in [-0.2, 0) is 32.3 Å². The lowest BCUT2D eigenvalue weighted by molar-refractivity contribution is -0.139. The van der Waals surface area contributed by atoms with Crippen LogP contribution in [0.15, 0.2) is 77.7 Å². The highest BCUT2D eigenvalue weighted by atomic mass is 35.5. The second-order valence-corrected chi connectivity index (χ2v) is 12.2. The van der Waals surface area contributed by atoms with Crippen molar-refractivity contribution in [2.75, 3.05) is 10.8 Å². The molecule has 3 aromatic carbocycles. The van der Waals surface area contributed by atoms with Crippen molar-refractivity contribution in [2.45, 2.75) is 50.5 Å². The number of nitrogens with zero attached hydrogens (tertiary/aromatic N) is 2. The van der Waals surface area contributed by atoms with Crippen LogP contribution < -0.4 is 9.62 Å². The molecule has 41 heavy (non-hydrogen) atoms. The highest BCUT2D eigenvalue weighted by Gasteiger charge is 2.37. The molecular formula is C28H28Cl2F3N3O4S. The van der Waals surface area contributed by atoms with Gasteiger partial charge in [-0.15, -0.1) is 0 Å². The number of halogens is 5. The second-order valence-electron chi connectivity index (χ2n) is 9.47. The van der Waals surface area contributed by atoms with Crippen LogP contribution in [0.5, 0.6) is 0 Å². The summed E-state index contributed by atoms with van der Waals surface area (Å²) in [6, 6.07) is 14.7. The molecule has 0 aliphatic carbocycles. The van der Waals surface area contributed by atoms with Crippen molar-refractivity contribution in [3.63, 3.8) is 0 Å². The van der Waals surface area contributed by atoms with Crippen molar-refractivity contribution in [3.8, 4) is 0 Å². The Bertz CT molecular complexity index is 1490. The largest absolute Gasteiger partial charge is 0.417 e. The lowest BCUT2D eigenvalue weighted by Crippen LogP contribution is -2.52. The third-order valence-corrected chi connectivity index (χ3v) is 8.39. The molecule has 1 atom stereocenters. The average Bonchev–Trinajstić information content (AvgIpc) is 2.90. The van der Waals surface area contributed by atoms with Crippen molar-refractivity contribution < 1.29 is 31.2 Å². The summed E-state index contributed by atoms with van der Waals surface area (Å²) < 4.78 is 69.1. The van der Waals surface area contributed by atoms with E-state index >= 15 is 0 Å². The van der Waals surface area contributed by atoms with Gasteiger partial charge in [0.25, 0.3) is 10.0 Å². The molecule has 2 amide bonds. The van der Waals surface area contributed by atoms with Crippen LogP contribution >= 0.6 is 23.2 Å². The van der Waals surface area contributed by atoms with Gasteiger partial charge in [0.15, 0.2) is 0 Å². The third-order valence-electron chi connectivity index (χ3n) is 6.02. The van der Waals surface area contributed by atoms with Crippen LogP contribution in [0.1, 0.15) is 31.9 Å². The fraction of sp³-hybridized carbons (Fsp3) is 0.286. The Labute approximate surface area is 246 Å². The predicted octanol–water partition coefficient (Wildman–Crippen LogP) is 6.15. The number of anilines is 1. The second kappa shape index (κ2) is 13.1. The minimum absolute atomic E-state index is 0.101. The molecule has 7 nitrogen and oxygen atoms in total. The summed E-state index contributed by atoms with van der Waals surface area (Å²) in [5.74, 6) is -1.32. The molecular weight excluding hydrogens is 602 g/mol. The lowest BCUT2D eigenvalue weighted by atomic mass is 10.1. The molecule has 0 fully saturated rings. The minimum Gasteiger partial charge on any atom is -0.352 e. The van der Waals surface area contributed by atoms with Crippen molar-refractivity contribution in [3.05, 3.63) is 94.0 Å². The summed E-state index contributed by atoms with van der Waals surface area (Å²) in [4.78, 5) is 27.7. The molecule has 0 unspecified atom stereocenters. The van der Waals surface area contributed by atoms with Crippen molar-refractivity contribution in [2.24, 2.45) is 0 Å². The quantitative estimate of drug-likeness (QED) is 0.291. The van der Waals surface area contributed by atoms with E-state index in [0.717, 1.165) is 17.0 Å². The summed E-state index contributed by atoms with van der Waals surface area (Å²) in [5, 5.41) is 2.53. The van der Waals surface area contributed by atoms with Gasteiger partial charge in [-0.1, -0.05) is 53.5 Å². The first-order valence-corrected chi connectivity index (χ1v) is 14.6. The molecule has 0 heterocycles. The number of amides is 2. The van der Waals surface area contributed by atoms with E-state index in [1.54, 1.807) is 44.2 Å². The summed E-state index contributed by atoms with van der Waals surface area (Å²) in [7, 11) is -4.54. The Hall–Kier alpha value is -3.28. The van der Waals surface area contributed by atoms with E-state index in [-0.39, 0.29) is 17.5 Å². The van der Waals surface area contributed by atoms with Crippen LogP contribution in [-0.4, -0.2) is 43.8 Å². The van der Waals surface area contributed by atoms with E-state index in [9.17, 15) is 31.2 Å². The van der Waals surface area contributed by atoms with Gasteiger partial charge in [-0.05, 0) is 68.8 Å². The number of alkyl halides is 3. The molecule has 0 aliphatic rings. The normalized spacial score (nSPS) is 12.6. The first-order chi connectivity index (χ1) is 19.1. The number of sulfonamides is 1. The van der Waals surface area contributed by atoms with Crippen LogP contribution in [0, 0.1) is 0 Å². The Kier molecular flexibility index (Phi) is 10.3. The molecule has 3 aromatic rings. The van der Waals surface area contributed by atoms with E-state index in [2.05, 4.69) is 5.32 Å². The summed E-state index contributed by atoms with van der Waals surface area (Å²) in [5.41, 5.74) is -1.10. The van der Waals surface area contributed by atoms with E-state index in [1.807, 2.05) is 0 Å². The fourth-order valence-electron chi connectivity index (χ4n) is 3.91. The van der Waals surface area contributed by atoms with E-state index in [1.165, 1.54) is 31.2 Å². The van der Waals surface area contributed by atoms with Gasteiger partial charge in [-0.2, -0.15) is 13.2 Å². The molecule has 0 radical (unpaired) electrons. The fourth-order valence-corrected chi connectivity index (χ4v) is 5.69. The molecule has 1 N–H and O–H groups in total. The maximum Gasteiger partial charge on any atom is 0.417 e. The van der Waals surface area contributed by atoms with E-state index in [4.69, 9.17) is 23.2 Å². The molecule has 220 valence electrons. The highest BCUT2D eigenvalue weighted by molar-refractivity contribution is 7.92. The van der Waals surface area contributed by atoms with Gasteiger partial charge in [0.1, 0.15) is 12.6 Å². The molecule has 3 rings (SSSR count). The number of nitrogens with one attached hydrogen (secondary N) is 1. The molecule has 0 spiro atoms. The molecule has 0 saturated carbocycles. The lowest BCUT2D eigenvalue weighted by Gasteiger charge is -2.32. The molecule has 0 bridgehead atoms. The summed E-state index contributed by atoms with van der Waals surface area (Å²) in [6.45, 7) is 3.96. The van der Waals surface area contributed by atoms with Gasteiger partial charge in [-0.3, -0.25) is 13.9 Å². The van der Waals surface area contributed by atoms with Gasteiger partial charge < -0.3 is 10.2 Å². The number of hydrogen-bond donors (Lipinski definition) is 1. The molecule has 0 aromatic heterocycles. The van der Waals surface area contributed by atoms with Crippen molar-refractivity contribution in [1.82, 2.24) is 10.2 Å². The first kappa shape index (κ1) is 32.2. The number of hydrogen-bond acceptors (Lipinski definition) is 4. The Morgan fingerprint density at radius 3 is 2.10 bits per heavy atom. The zero-order valence-electron chi connectivity index (χ0n) is 22.3. The molecule has 0 saturated heterocycles. The van der Waals surface area contributed by atoms with Gasteiger partial charge in [0, 0.05) is 17.6 Å². The van der Waals surface area contributed by atoms with Gasteiger partial charge in [0.2, 0.25) is 11.8 Å². The number of benzene rings is 3. The van der Waals surface area contributed by atoms with Crippen LogP contribution in [0.2, 0.25) is 10.0 Å². The Balaban J connectivity index is 2.10. The summed E-state index contributed by atoms with van der Waals surface area (Å²) >= 11 is 11.7. The highest BCUT2D eigenvalue weighted by Crippen LogP contribution is 2.38. The van der Waals surface area contributed by atoms with E-state index in [0.29, 0.717) is 21.0 Å². The summed E-state index contributed by atoms with van der Waals surface area (Å²) in [6.07, 6.45) is -4.89. The zero-order chi connectivity index (χ0) is 30.5. The number of rotatable bonds is 10. The Morgan fingerprint density at radius 1 is 0.927 bits per heavy atom. The maximum atomic E-state index is 13.8. The molecule has 0 aliphatic heterocycles. The van der Waals surface area contributed by atoms with Crippen LogP contribution in [0.3, 0.4) is 0 Å².